The Morgan fingerprint density at radius 3 is 2.27 bits per heavy atom. The van der Waals surface area contributed by atoms with Crippen LogP contribution in [0, 0.1) is 26.2 Å². The lowest BCUT2D eigenvalue weighted by atomic mass is 10.1. The predicted octanol–water partition coefficient (Wildman–Crippen LogP) is 2.75. The van der Waals surface area contributed by atoms with Gasteiger partial charge in [0.2, 0.25) is 10.0 Å². The second-order valence-electron chi connectivity index (χ2n) is 7.61. The number of esters is 1. The van der Waals surface area contributed by atoms with E-state index in [0.717, 1.165) is 9.87 Å². The molecule has 1 aromatic rings. The molecule has 2 N–H and O–H groups in total. The Balaban J connectivity index is 2.27. The van der Waals surface area contributed by atoms with Gasteiger partial charge in [-0.2, -0.15) is 4.31 Å². The lowest BCUT2D eigenvalue weighted by Crippen LogP contribution is -2.42. The summed E-state index contributed by atoms with van der Waals surface area (Å²) >= 11 is 0. The molecule has 1 aliphatic heterocycles. The fourth-order valence-electron chi connectivity index (χ4n) is 3.95. The normalized spacial score (nSPS) is 18.1. The van der Waals surface area contributed by atoms with E-state index < -0.39 is 40.2 Å². The highest BCUT2D eigenvalue weighted by Gasteiger charge is 2.41. The van der Waals surface area contributed by atoms with Crippen LogP contribution in [0.2, 0.25) is 0 Å². The molecule has 1 fully saturated rings. The molecule has 2 rings (SSSR count). The minimum atomic E-state index is -3.92. The second-order valence-corrected chi connectivity index (χ2v) is 9.44. The topological polar surface area (TPSA) is 125 Å². The lowest BCUT2D eigenvalue weighted by Gasteiger charge is -2.24. The van der Waals surface area contributed by atoms with Crippen LogP contribution in [0.3, 0.4) is 0 Å². The zero-order chi connectivity index (χ0) is 22.8. The molecule has 0 aromatic heterocycles. The molecule has 30 heavy (non-hydrogen) atoms. The molecule has 9 heteroatoms. The van der Waals surface area contributed by atoms with E-state index in [1.165, 1.54) is 13.8 Å². The van der Waals surface area contributed by atoms with E-state index in [1.54, 1.807) is 26.0 Å². The number of aryl methyl sites for hydroxylation is 3. The summed E-state index contributed by atoms with van der Waals surface area (Å²) in [4.78, 5) is 24.4. The van der Waals surface area contributed by atoms with Crippen LogP contribution >= 0.6 is 0 Å². The van der Waals surface area contributed by atoms with Crippen molar-refractivity contribution in [3.8, 4) is 0 Å². The highest BCUT2D eigenvalue weighted by molar-refractivity contribution is 7.89. The van der Waals surface area contributed by atoms with Gasteiger partial charge in [-0.15, -0.1) is 0 Å². The first kappa shape index (κ1) is 23.8. The van der Waals surface area contributed by atoms with E-state index in [4.69, 9.17) is 10.1 Å². The van der Waals surface area contributed by atoms with Crippen LogP contribution in [0.25, 0.3) is 0 Å². The molecule has 1 heterocycles. The van der Waals surface area contributed by atoms with Crippen molar-refractivity contribution in [2.24, 2.45) is 0 Å². The van der Waals surface area contributed by atoms with Crippen molar-refractivity contribution in [2.45, 2.75) is 58.4 Å². The molecule has 1 atom stereocenters. The number of rotatable bonds is 7. The van der Waals surface area contributed by atoms with Crippen molar-refractivity contribution < 1.29 is 27.9 Å². The highest BCUT2D eigenvalue weighted by atomic mass is 32.2. The minimum absolute atomic E-state index is 0.147. The summed E-state index contributed by atoms with van der Waals surface area (Å²) in [6, 6.07) is 2.56. The van der Waals surface area contributed by atoms with E-state index in [1.807, 2.05) is 6.92 Å². The van der Waals surface area contributed by atoms with Crippen LogP contribution < -0.4 is 0 Å². The molecule has 0 spiro atoms. The first-order valence-corrected chi connectivity index (χ1v) is 11.1. The van der Waals surface area contributed by atoms with Crippen LogP contribution in [-0.2, 0) is 24.3 Å². The number of allylic oxidation sites excluding steroid dienone is 1. The van der Waals surface area contributed by atoms with E-state index in [9.17, 15) is 23.1 Å². The zero-order valence-electron chi connectivity index (χ0n) is 17.9. The highest BCUT2D eigenvalue weighted by Crippen LogP contribution is 2.31. The van der Waals surface area contributed by atoms with Crippen molar-refractivity contribution in [3.05, 3.63) is 40.2 Å². The fraction of sp³-hybridized carbons (Fsp3) is 0.476. The number of ketones is 1. The number of Topliss-reactive ketones (excluding diaryl/α,β-unsaturated/α-hetero) is 1. The van der Waals surface area contributed by atoms with Crippen LogP contribution in [0.5, 0.6) is 0 Å². The molecular formula is C21H28N2O6S. The first-order chi connectivity index (χ1) is 13.9. The van der Waals surface area contributed by atoms with Gasteiger partial charge in [0.15, 0.2) is 5.78 Å². The number of hydrogen-bond donors (Lipinski definition) is 2. The van der Waals surface area contributed by atoms with Crippen molar-refractivity contribution in [2.75, 3.05) is 13.2 Å². The van der Waals surface area contributed by atoms with E-state index >= 15 is 0 Å². The lowest BCUT2D eigenvalue weighted by molar-refractivity contribution is -0.147. The summed E-state index contributed by atoms with van der Waals surface area (Å²) in [6.45, 7) is 7.46. The predicted molar refractivity (Wildman–Crippen MR) is 112 cm³/mol. The number of carbonyl (C=O) groups is 2. The third-order valence-electron chi connectivity index (χ3n) is 5.01. The number of nitrogens with zero attached hydrogens (tertiary/aromatic N) is 1. The maximum atomic E-state index is 13.3. The second kappa shape index (κ2) is 9.09. The number of ether oxygens (including phenoxy) is 1. The van der Waals surface area contributed by atoms with Gasteiger partial charge >= 0.3 is 5.97 Å². The summed E-state index contributed by atoms with van der Waals surface area (Å²) in [5, 5.41) is 17.6. The van der Waals surface area contributed by atoms with Crippen molar-refractivity contribution >= 4 is 27.5 Å². The first-order valence-electron chi connectivity index (χ1n) is 9.62. The molecule has 8 nitrogen and oxygen atoms in total. The SMILES string of the molecule is CC(=N)/C(C(C)=O)=C(/O)COC(=O)C1CCCN1S(=O)(=O)c1c(C)cc(C)cc1C. The Bertz CT molecular complexity index is 987. The maximum absolute atomic E-state index is 13.3. The molecule has 164 valence electrons. The van der Waals surface area contributed by atoms with Gasteiger partial charge in [-0.1, -0.05) is 17.7 Å². The van der Waals surface area contributed by atoms with Crippen LogP contribution in [0.1, 0.15) is 43.4 Å². The van der Waals surface area contributed by atoms with Crippen LogP contribution in [0.15, 0.2) is 28.4 Å². The summed E-state index contributed by atoms with van der Waals surface area (Å²) in [6.07, 6.45) is 0.804. The zero-order valence-corrected chi connectivity index (χ0v) is 18.7. The fourth-order valence-corrected chi connectivity index (χ4v) is 6.01. The molecule has 1 aliphatic rings. The third kappa shape index (κ3) is 4.79. The number of aliphatic hydroxyl groups is 1. The summed E-state index contributed by atoms with van der Waals surface area (Å²) < 4.78 is 32.9. The van der Waals surface area contributed by atoms with Gasteiger partial charge in [0.25, 0.3) is 0 Å². The number of nitrogens with one attached hydrogen (secondary N) is 1. The molecule has 1 aromatic carbocycles. The smallest absolute Gasteiger partial charge is 0.324 e. The van der Waals surface area contributed by atoms with E-state index in [2.05, 4.69) is 0 Å². The van der Waals surface area contributed by atoms with Crippen molar-refractivity contribution in [3.63, 3.8) is 0 Å². The van der Waals surface area contributed by atoms with Crippen LogP contribution in [-0.4, -0.2) is 54.5 Å². The Morgan fingerprint density at radius 2 is 1.77 bits per heavy atom. The molecule has 0 amide bonds. The molecule has 1 saturated heterocycles. The standard InChI is InChI=1S/C21H28N2O6S/c1-12-9-13(2)20(14(3)10-12)30(27,28)23-8-6-7-17(23)21(26)29-11-18(25)19(15(4)22)16(5)24/h9-10,17,22,25H,6-8,11H2,1-5H3/b19-18-,22-15?. The number of hydrogen-bond acceptors (Lipinski definition) is 7. The molecule has 0 bridgehead atoms. The number of carbonyl (C=O) groups excluding carboxylic acids is 2. The van der Waals surface area contributed by atoms with E-state index in [-0.39, 0.29) is 22.7 Å². The molecule has 0 radical (unpaired) electrons. The van der Waals surface area contributed by atoms with Gasteiger partial charge in [0.05, 0.1) is 10.5 Å². The Hall–Kier alpha value is -2.52. The van der Waals surface area contributed by atoms with Crippen molar-refractivity contribution in [1.82, 2.24) is 4.31 Å². The quantitative estimate of drug-likeness (QED) is 0.293. The summed E-state index contributed by atoms with van der Waals surface area (Å²) in [5.74, 6) is -1.84. The van der Waals surface area contributed by atoms with Gasteiger partial charge in [-0.25, -0.2) is 8.42 Å². The average Bonchev–Trinajstić information content (AvgIpc) is 3.08. The Kier molecular flexibility index (Phi) is 7.20. The Labute approximate surface area is 177 Å². The molecular weight excluding hydrogens is 408 g/mol. The van der Waals surface area contributed by atoms with Gasteiger partial charge < -0.3 is 15.3 Å². The van der Waals surface area contributed by atoms with Gasteiger partial charge in [0, 0.05) is 12.3 Å². The summed E-state index contributed by atoms with van der Waals surface area (Å²) in [7, 11) is -3.92. The molecule has 1 unspecified atom stereocenters. The van der Waals surface area contributed by atoms with Crippen molar-refractivity contribution in [1.29, 1.82) is 5.41 Å². The molecule has 0 saturated carbocycles. The van der Waals surface area contributed by atoms with Crippen LogP contribution in [0.4, 0.5) is 0 Å². The number of sulfonamides is 1. The van der Waals surface area contributed by atoms with E-state index in [0.29, 0.717) is 24.0 Å². The van der Waals surface area contributed by atoms with Gasteiger partial charge in [-0.05, 0) is 58.6 Å². The maximum Gasteiger partial charge on any atom is 0.324 e. The monoisotopic (exact) mass is 436 g/mol. The number of aliphatic hydroxyl groups excluding tert-OH is 1. The summed E-state index contributed by atoms with van der Waals surface area (Å²) in [5.41, 5.74) is 1.81. The molecule has 0 aliphatic carbocycles. The largest absolute Gasteiger partial charge is 0.508 e. The Morgan fingerprint density at radius 1 is 1.20 bits per heavy atom. The average molecular weight is 437 g/mol. The third-order valence-corrected chi connectivity index (χ3v) is 7.23. The number of benzene rings is 1. The minimum Gasteiger partial charge on any atom is -0.508 e. The van der Waals surface area contributed by atoms with Gasteiger partial charge in [-0.3, -0.25) is 9.59 Å². The van der Waals surface area contributed by atoms with Gasteiger partial charge in [0.1, 0.15) is 18.4 Å².